The van der Waals surface area contributed by atoms with Crippen LogP contribution in [0.2, 0.25) is 0 Å². The normalized spacial score (nSPS) is 13.8. The molecule has 2 aromatic heterocycles. The second kappa shape index (κ2) is 15.7. The number of imidazole rings is 1. The number of aromatic hydroxyl groups is 1. The molecular weight excluding hydrogens is 731 g/mol. The van der Waals surface area contributed by atoms with Crippen molar-refractivity contribution in [2.45, 2.75) is 86.5 Å². The Labute approximate surface area is 366 Å². The molecule has 8 rings (SSSR count). The average molecular weight is 795 g/mol. The summed E-state index contributed by atoms with van der Waals surface area (Å²) in [5, 5.41) is 12.0. The van der Waals surface area contributed by atoms with Gasteiger partial charge in [-0.3, -0.25) is 9.55 Å². The van der Waals surface area contributed by atoms with Gasteiger partial charge < -0.3 is 5.11 Å². The largest absolute Gasteiger partial charge is 0.507 e. The minimum Gasteiger partial charge on any atom is -0.507 e. The summed E-state index contributed by atoms with van der Waals surface area (Å²) in [4.78, 5) is 10.0. The zero-order valence-electron chi connectivity index (χ0n) is 43.3. The minimum atomic E-state index is -0.451. The first-order chi connectivity index (χ1) is 31.5. The molecular formula is C56H57N3O. The van der Waals surface area contributed by atoms with Gasteiger partial charge in [-0.25, -0.2) is 4.98 Å². The van der Waals surface area contributed by atoms with Crippen molar-refractivity contribution < 1.29 is 14.7 Å². The first-order valence-electron chi connectivity index (χ1n) is 24.2. The maximum absolute atomic E-state index is 12.0. The van der Waals surface area contributed by atoms with E-state index in [1.807, 2.05) is 67.6 Å². The van der Waals surface area contributed by atoms with E-state index in [2.05, 4.69) is 101 Å². The van der Waals surface area contributed by atoms with Crippen LogP contribution in [0.4, 0.5) is 0 Å². The van der Waals surface area contributed by atoms with Crippen LogP contribution in [0.3, 0.4) is 0 Å². The van der Waals surface area contributed by atoms with E-state index in [0.717, 1.165) is 56.6 Å². The number of fused-ring (bicyclic) bond motifs is 1. The number of nitrogens with zero attached hydrogens (tertiary/aromatic N) is 3. The number of aromatic nitrogens is 3. The Hall–Kier alpha value is -6.26. The van der Waals surface area contributed by atoms with Crippen LogP contribution in [-0.2, 0) is 17.3 Å². The molecule has 4 nitrogen and oxygen atoms in total. The van der Waals surface area contributed by atoms with E-state index in [4.69, 9.17) is 13.2 Å². The smallest absolute Gasteiger partial charge is 0.149 e. The molecule has 302 valence electrons. The number of pyridine rings is 1. The molecule has 0 aliphatic rings. The number of rotatable bonds is 8. The van der Waals surface area contributed by atoms with E-state index in [1.165, 1.54) is 12.5 Å². The molecule has 0 atom stereocenters. The number of benzene rings is 6. The van der Waals surface area contributed by atoms with Gasteiger partial charge in [0.15, 0.2) is 0 Å². The molecule has 60 heavy (non-hydrogen) atoms. The lowest BCUT2D eigenvalue weighted by Crippen LogP contribution is -2.12. The van der Waals surface area contributed by atoms with Crippen molar-refractivity contribution in [2.24, 2.45) is 5.92 Å². The highest BCUT2D eigenvalue weighted by atomic mass is 16.3. The number of phenols is 1. The van der Waals surface area contributed by atoms with Crippen LogP contribution < -0.4 is 0 Å². The van der Waals surface area contributed by atoms with Gasteiger partial charge in [-0.1, -0.05) is 146 Å². The first-order valence-corrected chi connectivity index (χ1v) is 20.7. The van der Waals surface area contributed by atoms with Crippen LogP contribution in [0.5, 0.6) is 5.75 Å². The zero-order valence-corrected chi connectivity index (χ0v) is 36.3. The lowest BCUT2D eigenvalue weighted by Gasteiger charge is -2.22. The third-order valence-electron chi connectivity index (χ3n) is 11.1. The van der Waals surface area contributed by atoms with E-state index in [0.29, 0.717) is 28.4 Å². The van der Waals surface area contributed by atoms with Gasteiger partial charge in [0.05, 0.1) is 37.6 Å². The molecule has 0 fully saturated rings. The zero-order chi connectivity index (χ0) is 48.6. The van der Waals surface area contributed by atoms with Gasteiger partial charge in [0.1, 0.15) is 11.6 Å². The molecule has 0 radical (unpaired) electrons. The third kappa shape index (κ3) is 8.04. The van der Waals surface area contributed by atoms with Crippen LogP contribution in [-0.4, -0.2) is 19.6 Å². The molecule has 0 saturated carbocycles. The summed E-state index contributed by atoms with van der Waals surface area (Å²) in [7, 11) is 0. The fourth-order valence-corrected chi connectivity index (χ4v) is 7.80. The summed E-state index contributed by atoms with van der Waals surface area (Å²) >= 11 is 0. The third-order valence-corrected chi connectivity index (χ3v) is 11.1. The molecule has 0 unspecified atom stereocenters. The molecule has 4 heteroatoms. The van der Waals surface area contributed by atoms with Gasteiger partial charge in [0.25, 0.3) is 0 Å². The van der Waals surface area contributed by atoms with Gasteiger partial charge in [0.2, 0.25) is 0 Å². The molecule has 8 aromatic rings. The van der Waals surface area contributed by atoms with Crippen molar-refractivity contribution >= 4 is 11.0 Å². The molecule has 0 aliphatic carbocycles. The number of hydrogen-bond acceptors (Lipinski definition) is 3. The lowest BCUT2D eigenvalue weighted by molar-refractivity contribution is 0.471. The molecule has 2 heterocycles. The first kappa shape index (κ1) is 32.6. The summed E-state index contributed by atoms with van der Waals surface area (Å²) in [6.07, 6.45) is 0.452. The molecule has 0 saturated heterocycles. The van der Waals surface area contributed by atoms with Crippen molar-refractivity contribution in [3.63, 3.8) is 0 Å². The van der Waals surface area contributed by atoms with Gasteiger partial charge in [-0.2, -0.15) is 0 Å². The Balaban J connectivity index is 1.46. The van der Waals surface area contributed by atoms with Crippen LogP contribution in [0, 0.1) is 19.8 Å². The van der Waals surface area contributed by atoms with Crippen molar-refractivity contribution in [1.29, 1.82) is 0 Å². The van der Waals surface area contributed by atoms with E-state index < -0.39 is 17.6 Å². The summed E-state index contributed by atoms with van der Waals surface area (Å²) in [6.45, 7) is 20.6. The monoisotopic (exact) mass is 794 g/mol. The highest BCUT2D eigenvalue weighted by molar-refractivity contribution is 5.98. The van der Waals surface area contributed by atoms with Crippen LogP contribution in [0.1, 0.15) is 92.8 Å². The average Bonchev–Trinajstić information content (AvgIpc) is 3.67. The van der Waals surface area contributed by atoms with Gasteiger partial charge in [0, 0.05) is 22.9 Å². The van der Waals surface area contributed by atoms with E-state index >= 15 is 0 Å². The highest BCUT2D eigenvalue weighted by Crippen LogP contribution is 2.44. The molecule has 0 aliphatic heterocycles. The Bertz CT molecular complexity index is 3240. The fourth-order valence-electron chi connectivity index (χ4n) is 7.80. The van der Waals surface area contributed by atoms with Gasteiger partial charge >= 0.3 is 0 Å². The fraction of sp³-hybridized carbons (Fsp3) is 0.250. The lowest BCUT2D eigenvalue weighted by atomic mass is 9.83. The van der Waals surface area contributed by atoms with Gasteiger partial charge in [-0.15, -0.1) is 0 Å². The molecule has 1 N–H and O–H groups in total. The van der Waals surface area contributed by atoms with E-state index in [9.17, 15) is 6.48 Å². The molecule has 0 bridgehead atoms. The summed E-state index contributed by atoms with van der Waals surface area (Å²) in [6, 6.07) is 31.0. The molecule has 0 amide bonds. The Kier molecular flexibility index (Phi) is 8.54. The number of hydrogen-bond donors (Lipinski definition) is 1. The van der Waals surface area contributed by atoms with Crippen LogP contribution >= 0.6 is 0 Å². The second-order valence-corrected chi connectivity index (χ2v) is 18.4. The van der Waals surface area contributed by atoms with Crippen molar-refractivity contribution in [3.05, 3.63) is 167 Å². The SMILES string of the molecule is [2H]c1nc(-c2cc(-c3cccc4c3nc(-c3cc(C(C)(C)C)cc(C)c3O)n4-c3ccc(CC(C)C)cc3-c3ccccc3)cc(C(C)(C)C)c2)c([2H])c(-c2c([2H])c([2H])c(C)c([2H])c2[2H])c1[2H]. The summed E-state index contributed by atoms with van der Waals surface area (Å²) in [5.41, 5.74) is 10.2. The topological polar surface area (TPSA) is 50.9 Å². The Morgan fingerprint density at radius 3 is 2.05 bits per heavy atom. The Morgan fingerprint density at radius 2 is 1.35 bits per heavy atom. The van der Waals surface area contributed by atoms with Crippen molar-refractivity contribution in [1.82, 2.24) is 14.5 Å². The molecule has 0 spiro atoms. The minimum absolute atomic E-state index is 0.0764. The van der Waals surface area contributed by atoms with E-state index in [-0.39, 0.29) is 63.8 Å². The highest BCUT2D eigenvalue weighted by Gasteiger charge is 2.26. The Morgan fingerprint density at radius 1 is 0.650 bits per heavy atom. The maximum atomic E-state index is 12.0. The van der Waals surface area contributed by atoms with Crippen LogP contribution in [0.15, 0.2) is 139 Å². The predicted octanol–water partition coefficient (Wildman–Crippen LogP) is 14.9. The predicted molar refractivity (Wildman–Crippen MR) is 253 cm³/mol. The molecule has 6 aromatic carbocycles. The maximum Gasteiger partial charge on any atom is 0.149 e. The van der Waals surface area contributed by atoms with E-state index in [1.54, 1.807) is 0 Å². The number of para-hydroxylation sites is 1. The quantitative estimate of drug-likeness (QED) is 0.167. The number of phenolic OH excluding ortho intramolecular Hbond substituents is 1. The van der Waals surface area contributed by atoms with Crippen LogP contribution in [0.25, 0.3) is 72.7 Å². The van der Waals surface area contributed by atoms with Crippen molar-refractivity contribution in [2.75, 3.05) is 0 Å². The number of aryl methyl sites for hydroxylation is 1. The standard InChI is InChI=1S/C56H57N3O/c1-35(2)27-38-21-24-50(47(29-38)40-15-12-11-13-16-40)59-51-18-14-17-46(52(51)58-54(59)48-34-44(55(5,6)7)28-37(4)53(48)60)42-30-43(32-45(31-42)56(8,9)10)49-33-41(25-26-57-49)39-22-19-36(3)20-23-39/h11-26,28-35,60H,27H2,1-10H3/i19D,20D,22D,23D,25D,26D,33D. The summed E-state index contributed by atoms with van der Waals surface area (Å²) < 4.78 is 64.2. The second-order valence-electron chi connectivity index (χ2n) is 18.4. The summed E-state index contributed by atoms with van der Waals surface area (Å²) in [5.74, 6) is 1.16. The van der Waals surface area contributed by atoms with Crippen molar-refractivity contribution in [3.8, 4) is 67.5 Å². The van der Waals surface area contributed by atoms with Gasteiger partial charge in [-0.05, 0) is 130 Å².